The molecule has 0 amide bonds. The van der Waals surface area contributed by atoms with Crippen molar-refractivity contribution in [3.05, 3.63) is 47.4 Å². The summed E-state index contributed by atoms with van der Waals surface area (Å²) < 4.78 is 29.3. The molecule has 2 aromatic heterocycles. The average molecular weight is 637 g/mol. The van der Waals surface area contributed by atoms with E-state index in [4.69, 9.17) is 24.4 Å². The number of hydrogen-bond acceptors (Lipinski definition) is 9. The second kappa shape index (κ2) is 10.7. The van der Waals surface area contributed by atoms with Gasteiger partial charge in [0.1, 0.15) is 22.8 Å². The summed E-state index contributed by atoms with van der Waals surface area (Å²) in [5, 5.41) is 16.9. The average Bonchev–Trinajstić information content (AvgIpc) is 3.43. The van der Waals surface area contributed by atoms with Gasteiger partial charge in [-0.25, -0.2) is 4.39 Å². The Morgan fingerprint density at radius 2 is 1.83 bits per heavy atom. The van der Waals surface area contributed by atoms with Crippen LogP contribution < -0.4 is 15.0 Å². The Balaban J connectivity index is 1.05. The van der Waals surface area contributed by atoms with Crippen molar-refractivity contribution in [3.63, 3.8) is 0 Å². The summed E-state index contributed by atoms with van der Waals surface area (Å²) in [5.41, 5.74) is 3.63. The minimum Gasteiger partial charge on any atom is -0.508 e. The number of hydrogen-bond donors (Lipinski definition) is 2. The monoisotopic (exact) mass is 636 g/mol. The zero-order chi connectivity index (χ0) is 31.3. The molecule has 4 aliphatic heterocycles. The number of rotatable bonds is 7. The van der Waals surface area contributed by atoms with Crippen molar-refractivity contribution in [3.8, 4) is 23.0 Å². The minimum absolute atomic E-state index is 0.0770. The Labute approximate surface area is 273 Å². The Kier molecular flexibility index (Phi) is 6.47. The second-order valence-electron chi connectivity index (χ2n) is 15.1. The van der Waals surface area contributed by atoms with Crippen LogP contribution in [-0.4, -0.2) is 88.6 Å². The van der Waals surface area contributed by atoms with Gasteiger partial charge in [-0.2, -0.15) is 9.97 Å². The maximum atomic E-state index is 17.0. The number of anilines is 1. The van der Waals surface area contributed by atoms with Gasteiger partial charge in [-0.15, -0.1) is 0 Å². The molecule has 9 nitrogen and oxygen atoms in total. The quantitative estimate of drug-likeness (QED) is 0.286. The zero-order valence-corrected chi connectivity index (χ0v) is 26.7. The number of fused-ring (bicyclic) bond motifs is 8. The molecule has 0 radical (unpaired) electrons. The Bertz CT molecular complexity index is 1890. The molecule has 1 saturated carbocycles. The highest BCUT2D eigenvalue weighted by Gasteiger charge is 2.49. The third-order valence-electron chi connectivity index (χ3n) is 12.0. The summed E-state index contributed by atoms with van der Waals surface area (Å²) >= 11 is 0. The van der Waals surface area contributed by atoms with E-state index in [1.807, 2.05) is 6.07 Å². The summed E-state index contributed by atoms with van der Waals surface area (Å²) in [6, 6.07) is 9.60. The molecule has 4 aromatic rings. The van der Waals surface area contributed by atoms with Crippen molar-refractivity contribution < 1.29 is 19.0 Å². The van der Waals surface area contributed by atoms with Crippen LogP contribution in [0.1, 0.15) is 56.1 Å². The fourth-order valence-electron chi connectivity index (χ4n) is 9.32. The highest BCUT2D eigenvalue weighted by molar-refractivity contribution is 6.02. The Morgan fingerprint density at radius 1 is 1.02 bits per heavy atom. The number of phenols is 1. The second-order valence-corrected chi connectivity index (χ2v) is 15.1. The lowest BCUT2D eigenvalue weighted by molar-refractivity contribution is -0.0271. The number of phenolic OH excluding ortho intramolecular Hbond substituents is 1. The van der Waals surface area contributed by atoms with Gasteiger partial charge in [0.2, 0.25) is 0 Å². The lowest BCUT2D eigenvalue weighted by atomic mass is 9.94. The van der Waals surface area contributed by atoms with Gasteiger partial charge in [0.25, 0.3) is 0 Å². The van der Waals surface area contributed by atoms with Crippen molar-refractivity contribution in [2.24, 2.45) is 5.41 Å². The fourth-order valence-corrected chi connectivity index (χ4v) is 9.32. The van der Waals surface area contributed by atoms with E-state index in [9.17, 15) is 5.11 Å². The summed E-state index contributed by atoms with van der Waals surface area (Å²) in [5.74, 6) is 0.292. The first-order chi connectivity index (χ1) is 23.0. The van der Waals surface area contributed by atoms with E-state index in [1.54, 1.807) is 18.3 Å². The Morgan fingerprint density at radius 3 is 2.62 bits per heavy atom. The molecule has 2 unspecified atom stereocenters. The molecule has 4 saturated heterocycles. The number of halogens is 1. The molecular formula is C37H41FN6O3. The maximum Gasteiger partial charge on any atom is 0.319 e. The number of ether oxygens (including phenoxy) is 2. The molecule has 4 bridgehead atoms. The number of nitrogens with one attached hydrogen (secondary N) is 1. The molecule has 0 spiro atoms. The molecule has 2 N–H and O–H groups in total. The van der Waals surface area contributed by atoms with Gasteiger partial charge in [-0.1, -0.05) is 12.1 Å². The van der Waals surface area contributed by atoms with E-state index in [1.165, 1.54) is 24.0 Å². The van der Waals surface area contributed by atoms with E-state index in [0.29, 0.717) is 47.5 Å². The van der Waals surface area contributed by atoms with Crippen molar-refractivity contribution >= 4 is 27.5 Å². The van der Waals surface area contributed by atoms with Crippen LogP contribution in [0.15, 0.2) is 30.5 Å². The van der Waals surface area contributed by atoms with Crippen molar-refractivity contribution in [1.82, 2.24) is 25.2 Å². The number of morpholine rings is 1. The van der Waals surface area contributed by atoms with Gasteiger partial charge in [-0.3, -0.25) is 9.88 Å². The van der Waals surface area contributed by atoms with Crippen LogP contribution in [-0.2, 0) is 17.6 Å². The standard InChI is InChI=1S/C37H41FN6O3/c38-32-33(29-13-27(45)12-22-5-4-21-2-1-3-28(21)31(22)29)39-14-30-34(32)41-36(42-35(30)43-15-23-6-7-24(16-43)40-23)47-20-37(10-11-37)19-44-25-8-9-26(44)18-46-17-25/h4-5,12-14,23-26,40,45H,1-3,6-11,15-20H2/t23-,24+,25?,26?. The summed E-state index contributed by atoms with van der Waals surface area (Å²) in [7, 11) is 0. The van der Waals surface area contributed by atoms with Crippen molar-refractivity contribution in [2.45, 2.75) is 82.0 Å². The number of aromatic nitrogens is 3. The summed E-state index contributed by atoms with van der Waals surface area (Å²) in [4.78, 5) is 19.4. The fraction of sp³-hybridized carbons (Fsp3) is 0.541. The van der Waals surface area contributed by atoms with Gasteiger partial charge in [0, 0.05) is 61.0 Å². The maximum absolute atomic E-state index is 17.0. The number of piperazine rings is 1. The number of aryl methyl sites for hydroxylation is 2. The van der Waals surface area contributed by atoms with E-state index in [0.717, 1.165) is 88.6 Å². The first-order valence-electron chi connectivity index (χ1n) is 17.6. The van der Waals surface area contributed by atoms with E-state index >= 15 is 4.39 Å². The SMILES string of the molecule is Oc1cc(-c2ncc3c(N4C[C@H]5CC[C@@H](C4)N5)nc(OCC4(CN5C6CCC5COC6)CC4)nc3c2F)c2c3c(ccc2c1)CCC3. The largest absolute Gasteiger partial charge is 0.508 e. The van der Waals surface area contributed by atoms with Gasteiger partial charge >= 0.3 is 6.01 Å². The summed E-state index contributed by atoms with van der Waals surface area (Å²) in [6.07, 6.45) is 11.6. The molecular weight excluding hydrogens is 595 g/mol. The lowest BCUT2D eigenvalue weighted by Crippen LogP contribution is -2.51. The normalized spacial score (nSPS) is 27.6. The smallest absolute Gasteiger partial charge is 0.319 e. The molecule has 6 heterocycles. The van der Waals surface area contributed by atoms with E-state index in [2.05, 4.69) is 21.2 Å². The van der Waals surface area contributed by atoms with Crippen LogP contribution in [0, 0.1) is 11.2 Å². The molecule has 6 aliphatic rings. The molecule has 2 aromatic carbocycles. The number of aromatic hydroxyl groups is 1. The first-order valence-corrected chi connectivity index (χ1v) is 17.6. The predicted molar refractivity (Wildman–Crippen MR) is 178 cm³/mol. The molecule has 5 fully saturated rings. The van der Waals surface area contributed by atoms with Gasteiger partial charge < -0.3 is 24.8 Å². The van der Waals surface area contributed by atoms with Crippen LogP contribution in [0.2, 0.25) is 0 Å². The predicted octanol–water partition coefficient (Wildman–Crippen LogP) is 5.14. The van der Waals surface area contributed by atoms with Crippen LogP contribution in [0.25, 0.3) is 32.9 Å². The van der Waals surface area contributed by atoms with Gasteiger partial charge in [0.05, 0.1) is 25.2 Å². The van der Waals surface area contributed by atoms with Crippen molar-refractivity contribution in [1.29, 1.82) is 0 Å². The highest BCUT2D eigenvalue weighted by atomic mass is 19.1. The van der Waals surface area contributed by atoms with Gasteiger partial charge in [0.15, 0.2) is 5.82 Å². The molecule has 10 heteroatoms. The number of pyridine rings is 1. The first kappa shape index (κ1) is 28.4. The van der Waals surface area contributed by atoms with Crippen LogP contribution >= 0.6 is 0 Å². The molecule has 10 rings (SSSR count). The highest BCUT2D eigenvalue weighted by Crippen LogP contribution is 2.49. The zero-order valence-electron chi connectivity index (χ0n) is 26.7. The van der Waals surface area contributed by atoms with Crippen LogP contribution in [0.3, 0.4) is 0 Å². The van der Waals surface area contributed by atoms with E-state index < -0.39 is 5.82 Å². The van der Waals surface area contributed by atoms with Crippen LogP contribution in [0.5, 0.6) is 11.8 Å². The number of benzene rings is 2. The molecule has 244 valence electrons. The van der Waals surface area contributed by atoms with Gasteiger partial charge in [-0.05, 0) is 91.8 Å². The molecule has 4 atom stereocenters. The number of nitrogens with zero attached hydrogens (tertiary/aromatic N) is 5. The van der Waals surface area contributed by atoms with E-state index in [-0.39, 0.29) is 28.4 Å². The van der Waals surface area contributed by atoms with Crippen molar-refractivity contribution in [2.75, 3.05) is 44.4 Å². The third kappa shape index (κ3) is 4.77. The van der Waals surface area contributed by atoms with Crippen LogP contribution in [0.4, 0.5) is 10.2 Å². The topological polar surface area (TPSA) is 95.9 Å². The molecule has 2 aliphatic carbocycles. The third-order valence-corrected chi connectivity index (χ3v) is 12.0. The minimum atomic E-state index is -0.498. The molecule has 47 heavy (non-hydrogen) atoms. The Hall–Kier alpha value is -3.60. The lowest BCUT2D eigenvalue weighted by Gasteiger charge is -2.37. The summed E-state index contributed by atoms with van der Waals surface area (Å²) in [6.45, 7) is 4.78.